The van der Waals surface area contributed by atoms with Gasteiger partial charge in [-0.25, -0.2) is 9.07 Å². The molecule has 4 aromatic rings. The van der Waals surface area contributed by atoms with Crippen molar-refractivity contribution >= 4 is 11.8 Å². The number of hydrogen-bond donors (Lipinski definition) is 2. The molecule has 1 aromatic heterocycles. The quantitative estimate of drug-likeness (QED) is 0.468. The van der Waals surface area contributed by atoms with E-state index in [-0.39, 0.29) is 17.6 Å². The highest BCUT2D eigenvalue weighted by Gasteiger charge is 2.19. The zero-order valence-corrected chi connectivity index (χ0v) is 18.3. The number of carbonyl (C=O) groups is 2. The highest BCUT2D eigenvalue weighted by molar-refractivity contribution is 6.00. The minimum atomic E-state index is -0.343. The van der Waals surface area contributed by atoms with Gasteiger partial charge in [0.15, 0.2) is 0 Å². The van der Waals surface area contributed by atoms with Crippen molar-refractivity contribution in [3.63, 3.8) is 0 Å². The predicted octanol–water partition coefficient (Wildman–Crippen LogP) is 4.28. The smallest absolute Gasteiger partial charge is 0.255 e. The lowest BCUT2D eigenvalue weighted by Gasteiger charge is -2.07. The average Bonchev–Trinajstić information content (AvgIpc) is 3.29. The predicted molar refractivity (Wildman–Crippen MR) is 125 cm³/mol. The molecule has 0 saturated heterocycles. The van der Waals surface area contributed by atoms with Crippen LogP contribution in [-0.2, 0) is 6.54 Å². The summed E-state index contributed by atoms with van der Waals surface area (Å²) in [6.45, 7) is 2.28. The van der Waals surface area contributed by atoms with Crippen LogP contribution in [0.2, 0.25) is 0 Å². The SMILES string of the molecule is CNC(=O)c1ccc(CNC(=O)c2cn(-c3ccc(F)cc3)nc2-c2ccc(C)cc2)cc1. The van der Waals surface area contributed by atoms with Crippen molar-refractivity contribution in [3.05, 3.63) is 107 Å². The van der Waals surface area contributed by atoms with Crippen molar-refractivity contribution in [2.75, 3.05) is 7.05 Å². The Labute approximate surface area is 191 Å². The monoisotopic (exact) mass is 442 g/mol. The van der Waals surface area contributed by atoms with E-state index in [0.717, 1.165) is 16.7 Å². The van der Waals surface area contributed by atoms with Crippen LogP contribution in [0.3, 0.4) is 0 Å². The molecule has 0 aliphatic heterocycles. The number of carbonyl (C=O) groups excluding carboxylic acids is 2. The van der Waals surface area contributed by atoms with Crippen LogP contribution in [0.25, 0.3) is 16.9 Å². The summed E-state index contributed by atoms with van der Waals surface area (Å²) in [6, 6.07) is 20.7. The van der Waals surface area contributed by atoms with Crippen LogP contribution in [0.1, 0.15) is 31.8 Å². The molecule has 0 aliphatic rings. The first-order valence-electron chi connectivity index (χ1n) is 10.5. The van der Waals surface area contributed by atoms with Gasteiger partial charge < -0.3 is 10.6 Å². The Morgan fingerprint density at radius 1 is 0.909 bits per heavy atom. The van der Waals surface area contributed by atoms with Gasteiger partial charge in [0.1, 0.15) is 11.5 Å². The second-order valence-electron chi connectivity index (χ2n) is 7.64. The molecule has 0 aliphatic carbocycles. The van der Waals surface area contributed by atoms with Crippen LogP contribution in [0.4, 0.5) is 4.39 Å². The van der Waals surface area contributed by atoms with Crippen LogP contribution in [0.5, 0.6) is 0 Å². The van der Waals surface area contributed by atoms with Gasteiger partial charge in [-0.1, -0.05) is 42.0 Å². The zero-order chi connectivity index (χ0) is 23.4. The summed E-state index contributed by atoms with van der Waals surface area (Å²) in [5.41, 5.74) is 4.91. The molecule has 2 N–H and O–H groups in total. The van der Waals surface area contributed by atoms with Gasteiger partial charge in [-0.05, 0) is 48.9 Å². The Bertz CT molecular complexity index is 1280. The van der Waals surface area contributed by atoms with Gasteiger partial charge in [0.05, 0.1) is 11.3 Å². The largest absolute Gasteiger partial charge is 0.355 e. The molecule has 0 unspecified atom stereocenters. The first-order valence-corrected chi connectivity index (χ1v) is 10.5. The summed E-state index contributed by atoms with van der Waals surface area (Å²) in [4.78, 5) is 24.8. The first-order chi connectivity index (χ1) is 15.9. The summed E-state index contributed by atoms with van der Waals surface area (Å²) in [7, 11) is 1.58. The number of aromatic nitrogens is 2. The minimum Gasteiger partial charge on any atom is -0.355 e. The second-order valence-corrected chi connectivity index (χ2v) is 7.64. The molecular weight excluding hydrogens is 419 g/mol. The van der Waals surface area contributed by atoms with Gasteiger partial charge in [0.2, 0.25) is 0 Å². The third-order valence-electron chi connectivity index (χ3n) is 5.27. The molecule has 0 spiro atoms. The molecule has 1 heterocycles. The second kappa shape index (κ2) is 9.48. The maximum Gasteiger partial charge on any atom is 0.255 e. The third-order valence-corrected chi connectivity index (χ3v) is 5.27. The molecule has 3 aromatic carbocycles. The lowest BCUT2D eigenvalue weighted by Crippen LogP contribution is -2.23. The number of nitrogens with one attached hydrogen (secondary N) is 2. The Morgan fingerprint density at radius 2 is 1.58 bits per heavy atom. The number of nitrogens with zero attached hydrogens (tertiary/aromatic N) is 2. The van der Waals surface area contributed by atoms with Gasteiger partial charge in [0, 0.05) is 30.9 Å². The Balaban J connectivity index is 1.60. The molecule has 2 amide bonds. The van der Waals surface area contributed by atoms with E-state index in [9.17, 15) is 14.0 Å². The van der Waals surface area contributed by atoms with Gasteiger partial charge in [-0.2, -0.15) is 5.10 Å². The normalized spacial score (nSPS) is 10.6. The number of aryl methyl sites for hydroxylation is 1. The average molecular weight is 442 g/mol. The summed E-state index contributed by atoms with van der Waals surface area (Å²) < 4.78 is 14.9. The third kappa shape index (κ3) is 4.98. The van der Waals surface area contributed by atoms with Crippen molar-refractivity contribution in [1.82, 2.24) is 20.4 Å². The zero-order valence-electron chi connectivity index (χ0n) is 18.3. The Hall–Kier alpha value is -4.26. The van der Waals surface area contributed by atoms with Gasteiger partial charge in [-0.3, -0.25) is 9.59 Å². The highest BCUT2D eigenvalue weighted by Crippen LogP contribution is 2.24. The van der Waals surface area contributed by atoms with Crippen molar-refractivity contribution in [2.24, 2.45) is 0 Å². The molecule has 7 heteroatoms. The van der Waals surface area contributed by atoms with E-state index in [4.69, 9.17) is 0 Å². The number of rotatable bonds is 6. The fourth-order valence-corrected chi connectivity index (χ4v) is 3.39. The molecule has 166 valence electrons. The van der Waals surface area contributed by atoms with Crippen LogP contribution in [0, 0.1) is 12.7 Å². The van der Waals surface area contributed by atoms with Crippen molar-refractivity contribution in [2.45, 2.75) is 13.5 Å². The van der Waals surface area contributed by atoms with Crippen LogP contribution >= 0.6 is 0 Å². The van der Waals surface area contributed by atoms with Gasteiger partial charge in [-0.15, -0.1) is 0 Å². The van der Waals surface area contributed by atoms with Crippen LogP contribution in [0.15, 0.2) is 79.0 Å². The van der Waals surface area contributed by atoms with Crippen LogP contribution < -0.4 is 10.6 Å². The lowest BCUT2D eigenvalue weighted by atomic mass is 10.1. The molecule has 0 saturated carbocycles. The van der Waals surface area contributed by atoms with E-state index in [1.165, 1.54) is 12.1 Å². The molecule has 6 nitrogen and oxygen atoms in total. The molecule has 0 atom stereocenters. The molecule has 0 radical (unpaired) electrons. The maximum absolute atomic E-state index is 13.4. The Morgan fingerprint density at radius 3 is 2.21 bits per heavy atom. The topological polar surface area (TPSA) is 76.0 Å². The van der Waals surface area contributed by atoms with Crippen LogP contribution in [-0.4, -0.2) is 28.6 Å². The fourth-order valence-electron chi connectivity index (χ4n) is 3.39. The molecule has 4 rings (SSSR count). The van der Waals surface area contributed by atoms with Crippen molar-refractivity contribution < 1.29 is 14.0 Å². The van der Waals surface area contributed by atoms with E-state index in [1.54, 1.807) is 54.3 Å². The number of amides is 2. The van der Waals surface area contributed by atoms with E-state index >= 15 is 0 Å². The van der Waals surface area contributed by atoms with E-state index in [0.29, 0.717) is 29.1 Å². The summed E-state index contributed by atoms with van der Waals surface area (Å²) in [6.07, 6.45) is 1.65. The maximum atomic E-state index is 13.4. The molecule has 33 heavy (non-hydrogen) atoms. The first kappa shape index (κ1) is 22.0. The van der Waals surface area contributed by atoms with E-state index < -0.39 is 0 Å². The van der Waals surface area contributed by atoms with Crippen molar-refractivity contribution in [3.8, 4) is 16.9 Å². The summed E-state index contributed by atoms with van der Waals surface area (Å²) >= 11 is 0. The number of hydrogen-bond acceptors (Lipinski definition) is 3. The minimum absolute atomic E-state index is 0.165. The fraction of sp³-hybridized carbons (Fsp3) is 0.115. The Kier molecular flexibility index (Phi) is 6.31. The van der Waals surface area contributed by atoms with Gasteiger partial charge in [0.25, 0.3) is 11.8 Å². The number of halogens is 1. The summed E-state index contributed by atoms with van der Waals surface area (Å²) in [5.74, 6) is -0.791. The standard InChI is InChI=1S/C26H23FN4O2/c1-17-3-7-19(8-4-17)24-23(16-31(30-24)22-13-11-21(27)12-14-22)26(33)29-15-18-5-9-20(10-6-18)25(32)28-2/h3-14,16H,15H2,1-2H3,(H,28,32)(H,29,33). The van der Waals surface area contributed by atoms with E-state index in [1.807, 2.05) is 31.2 Å². The number of benzene rings is 3. The molecule has 0 bridgehead atoms. The van der Waals surface area contributed by atoms with Gasteiger partial charge >= 0.3 is 0 Å². The summed E-state index contributed by atoms with van der Waals surface area (Å²) in [5, 5.41) is 10.1. The lowest BCUT2D eigenvalue weighted by molar-refractivity contribution is 0.0946. The van der Waals surface area contributed by atoms with Crippen molar-refractivity contribution in [1.29, 1.82) is 0 Å². The highest BCUT2D eigenvalue weighted by atomic mass is 19.1. The molecule has 0 fully saturated rings. The van der Waals surface area contributed by atoms with E-state index in [2.05, 4.69) is 15.7 Å². The molecular formula is C26H23FN4O2.